The van der Waals surface area contributed by atoms with Crippen LogP contribution in [0.1, 0.15) is 6.92 Å². The molecule has 2 rings (SSSR count). The molecule has 27 heavy (non-hydrogen) atoms. The van der Waals surface area contributed by atoms with E-state index in [9.17, 15) is 35.4 Å². The highest BCUT2D eigenvalue weighted by Gasteiger charge is 2.50. The highest BCUT2D eigenvalue weighted by atomic mass is 16.7. The van der Waals surface area contributed by atoms with Crippen LogP contribution < -0.4 is 5.32 Å². The fourth-order valence-corrected chi connectivity index (χ4v) is 3.13. The van der Waals surface area contributed by atoms with E-state index in [0.717, 1.165) is 0 Å². The number of methoxy groups -OCH3 is 1. The molecule has 1 amide bonds. The molecule has 7 N–H and O–H groups in total. The molecular formula is C15H27NO11. The molecule has 2 heterocycles. The number of aliphatic hydroxyl groups is 6. The van der Waals surface area contributed by atoms with E-state index in [1.807, 2.05) is 0 Å². The Kier molecular flexibility index (Phi) is 7.88. The Hall–Kier alpha value is -0.930. The molecule has 0 aliphatic carbocycles. The zero-order valence-corrected chi connectivity index (χ0v) is 14.9. The van der Waals surface area contributed by atoms with E-state index in [0.29, 0.717) is 0 Å². The van der Waals surface area contributed by atoms with Gasteiger partial charge in [0.25, 0.3) is 0 Å². The van der Waals surface area contributed by atoms with Gasteiger partial charge in [0.15, 0.2) is 12.6 Å². The number of hydrogen-bond acceptors (Lipinski definition) is 11. The van der Waals surface area contributed by atoms with E-state index in [2.05, 4.69) is 5.32 Å². The van der Waals surface area contributed by atoms with Crippen LogP contribution in [0.5, 0.6) is 0 Å². The third kappa shape index (κ3) is 4.92. The van der Waals surface area contributed by atoms with Gasteiger partial charge in [0.05, 0.1) is 13.2 Å². The van der Waals surface area contributed by atoms with Gasteiger partial charge in [-0.2, -0.15) is 0 Å². The second kappa shape index (κ2) is 9.52. The third-order valence-corrected chi connectivity index (χ3v) is 4.53. The van der Waals surface area contributed by atoms with E-state index in [1.165, 1.54) is 14.0 Å². The second-order valence-corrected chi connectivity index (χ2v) is 6.54. The number of amides is 1. The summed E-state index contributed by atoms with van der Waals surface area (Å²) < 4.78 is 21.1. The van der Waals surface area contributed by atoms with Gasteiger partial charge < -0.3 is 54.9 Å². The number of nitrogens with one attached hydrogen (secondary N) is 1. The van der Waals surface area contributed by atoms with Gasteiger partial charge in [-0.1, -0.05) is 0 Å². The van der Waals surface area contributed by atoms with Crippen molar-refractivity contribution in [1.29, 1.82) is 0 Å². The molecule has 0 saturated carbocycles. The predicted molar refractivity (Wildman–Crippen MR) is 85.0 cm³/mol. The normalized spacial score (nSPS) is 45.5. The Bertz CT molecular complexity index is 492. The Labute approximate surface area is 155 Å². The quantitative estimate of drug-likeness (QED) is 0.228. The van der Waals surface area contributed by atoms with Crippen LogP contribution in [0.4, 0.5) is 0 Å². The number of aliphatic hydroxyl groups excluding tert-OH is 6. The summed E-state index contributed by atoms with van der Waals surface area (Å²) in [6.07, 6.45) is -13.0. The molecule has 0 unspecified atom stereocenters. The average molecular weight is 397 g/mol. The number of carbonyl (C=O) groups excluding carboxylic acids is 1. The highest BCUT2D eigenvalue weighted by Crippen LogP contribution is 2.28. The maximum atomic E-state index is 11.5. The first-order valence-corrected chi connectivity index (χ1v) is 8.44. The number of hydrogen-bond donors (Lipinski definition) is 7. The Balaban J connectivity index is 2.23. The number of rotatable bonds is 6. The zero-order chi connectivity index (χ0) is 20.3. The molecule has 0 radical (unpaired) electrons. The first-order chi connectivity index (χ1) is 12.7. The fourth-order valence-electron chi connectivity index (χ4n) is 3.13. The lowest BCUT2D eigenvalue weighted by Gasteiger charge is -2.46. The van der Waals surface area contributed by atoms with E-state index in [1.54, 1.807) is 0 Å². The van der Waals surface area contributed by atoms with Gasteiger partial charge in [-0.15, -0.1) is 0 Å². The van der Waals surface area contributed by atoms with Gasteiger partial charge in [0, 0.05) is 14.0 Å². The van der Waals surface area contributed by atoms with Crippen molar-refractivity contribution in [2.45, 2.75) is 68.3 Å². The monoisotopic (exact) mass is 397 g/mol. The van der Waals surface area contributed by atoms with Crippen LogP contribution >= 0.6 is 0 Å². The van der Waals surface area contributed by atoms with Crippen molar-refractivity contribution in [2.75, 3.05) is 20.3 Å². The van der Waals surface area contributed by atoms with Gasteiger partial charge in [0.1, 0.15) is 48.8 Å². The molecule has 158 valence electrons. The van der Waals surface area contributed by atoms with Crippen molar-refractivity contribution >= 4 is 5.91 Å². The van der Waals surface area contributed by atoms with E-state index >= 15 is 0 Å². The van der Waals surface area contributed by atoms with Gasteiger partial charge in [-0.3, -0.25) is 4.79 Å². The maximum Gasteiger partial charge on any atom is 0.217 e. The molecule has 0 aromatic rings. The molecule has 12 heteroatoms. The van der Waals surface area contributed by atoms with Gasteiger partial charge in [-0.05, 0) is 0 Å². The molecule has 2 fully saturated rings. The summed E-state index contributed by atoms with van der Waals surface area (Å²) in [6.45, 7) is 0.432. The largest absolute Gasteiger partial charge is 0.394 e. The molecule has 0 aromatic heterocycles. The minimum atomic E-state index is -1.73. The van der Waals surface area contributed by atoms with Crippen molar-refractivity contribution < 1.29 is 54.4 Å². The minimum absolute atomic E-state index is 0.0979. The summed E-state index contributed by atoms with van der Waals surface area (Å²) in [5.41, 5.74) is 0. The molecule has 0 spiro atoms. The summed E-state index contributed by atoms with van der Waals surface area (Å²) in [4.78, 5) is 11.5. The number of carbonyl (C=O) groups is 1. The first-order valence-electron chi connectivity index (χ1n) is 8.44. The topological polar surface area (TPSA) is 187 Å². The molecular weight excluding hydrogens is 370 g/mol. The van der Waals surface area contributed by atoms with Crippen LogP contribution in [-0.2, 0) is 23.7 Å². The molecule has 0 bridgehead atoms. The van der Waals surface area contributed by atoms with E-state index in [4.69, 9.17) is 18.9 Å². The maximum absolute atomic E-state index is 11.5. The van der Waals surface area contributed by atoms with Crippen molar-refractivity contribution in [3.8, 4) is 0 Å². The lowest BCUT2D eigenvalue weighted by molar-refractivity contribution is -0.341. The molecule has 0 aromatic carbocycles. The summed E-state index contributed by atoms with van der Waals surface area (Å²) in [6, 6.07) is -1.22. The minimum Gasteiger partial charge on any atom is -0.394 e. The van der Waals surface area contributed by atoms with Gasteiger partial charge in [0.2, 0.25) is 5.91 Å². The molecule has 10 atom stereocenters. The van der Waals surface area contributed by atoms with Crippen molar-refractivity contribution in [2.24, 2.45) is 0 Å². The van der Waals surface area contributed by atoms with Crippen LogP contribution in [0.3, 0.4) is 0 Å². The summed E-state index contributed by atoms with van der Waals surface area (Å²) in [7, 11) is 1.36. The average Bonchev–Trinajstić information content (AvgIpc) is 2.62. The lowest BCUT2D eigenvalue weighted by Crippen LogP contribution is -2.67. The summed E-state index contributed by atoms with van der Waals surface area (Å²) >= 11 is 0. The lowest BCUT2D eigenvalue weighted by atomic mass is 9.95. The van der Waals surface area contributed by atoms with Crippen molar-refractivity contribution in [3.05, 3.63) is 0 Å². The molecule has 2 saturated heterocycles. The smallest absolute Gasteiger partial charge is 0.217 e. The van der Waals surface area contributed by atoms with Crippen LogP contribution in [0, 0.1) is 0 Å². The second-order valence-electron chi connectivity index (χ2n) is 6.54. The Morgan fingerprint density at radius 2 is 1.67 bits per heavy atom. The summed E-state index contributed by atoms with van der Waals surface area (Å²) in [5.74, 6) is -0.539. The summed E-state index contributed by atoms with van der Waals surface area (Å²) in [5, 5.41) is 61.9. The van der Waals surface area contributed by atoms with E-state index < -0.39 is 73.9 Å². The third-order valence-electron chi connectivity index (χ3n) is 4.53. The van der Waals surface area contributed by atoms with Gasteiger partial charge >= 0.3 is 0 Å². The molecule has 12 nitrogen and oxygen atoms in total. The SMILES string of the molecule is COC[C@H]1O[C@@H](O[C@@H]2[C@H](O)[C@@H](O)[C@H](O)O[C@@H]2CO)[C@H](NC(C)=O)[C@@H](O)[C@H]1O. The van der Waals surface area contributed by atoms with Crippen LogP contribution in [0.15, 0.2) is 0 Å². The standard InChI is InChI=1S/C15H27NO11/c1-5(18)16-8-10(20)9(19)7(4-24-2)26-15(8)27-13-6(3-17)25-14(23)12(22)11(13)21/h6-15,17,19-23H,3-4H2,1-2H3,(H,16,18)/t6-,7-,8-,9+,10-,11-,12-,13+,14-,15+/m1/s1. The van der Waals surface area contributed by atoms with Gasteiger partial charge in [-0.25, -0.2) is 0 Å². The number of ether oxygens (including phenoxy) is 4. The first kappa shape index (κ1) is 22.4. The van der Waals surface area contributed by atoms with Crippen LogP contribution in [-0.4, -0.2) is 118 Å². The van der Waals surface area contributed by atoms with Crippen molar-refractivity contribution in [1.82, 2.24) is 5.32 Å². The fraction of sp³-hybridized carbons (Fsp3) is 0.933. The molecule has 2 aliphatic rings. The zero-order valence-electron chi connectivity index (χ0n) is 14.9. The Morgan fingerprint density at radius 3 is 2.22 bits per heavy atom. The van der Waals surface area contributed by atoms with Crippen LogP contribution in [0.25, 0.3) is 0 Å². The van der Waals surface area contributed by atoms with Crippen LogP contribution in [0.2, 0.25) is 0 Å². The highest BCUT2D eigenvalue weighted by molar-refractivity contribution is 5.73. The van der Waals surface area contributed by atoms with E-state index in [-0.39, 0.29) is 6.61 Å². The van der Waals surface area contributed by atoms with Crippen molar-refractivity contribution in [3.63, 3.8) is 0 Å². The Morgan fingerprint density at radius 1 is 1.00 bits per heavy atom. The molecule has 2 aliphatic heterocycles. The predicted octanol–water partition coefficient (Wildman–Crippen LogP) is -4.60.